The number of benzene rings is 1. The summed E-state index contributed by atoms with van der Waals surface area (Å²) in [6.45, 7) is 5.15. The van der Waals surface area contributed by atoms with Crippen molar-refractivity contribution >= 4 is 18.1 Å². The topological polar surface area (TPSA) is 97.0 Å². The molecule has 0 aliphatic rings. The van der Waals surface area contributed by atoms with Crippen molar-refractivity contribution in [1.82, 2.24) is 15.5 Å². The molecule has 0 aliphatic carbocycles. The highest BCUT2D eigenvalue weighted by Gasteiger charge is 2.25. The van der Waals surface area contributed by atoms with E-state index in [0.29, 0.717) is 0 Å². The van der Waals surface area contributed by atoms with E-state index in [4.69, 9.17) is 9.47 Å². The van der Waals surface area contributed by atoms with Crippen LogP contribution < -0.4 is 10.6 Å². The summed E-state index contributed by atoms with van der Waals surface area (Å²) in [7, 11) is 3.11. The number of carbonyl (C=O) groups excluding carboxylic acids is 3. The zero-order valence-electron chi connectivity index (χ0n) is 15.9. The molecule has 1 aromatic rings. The van der Waals surface area contributed by atoms with Gasteiger partial charge in [-0.15, -0.1) is 0 Å². The molecule has 26 heavy (non-hydrogen) atoms. The number of alkyl carbamates (subject to hydrolysis) is 2. The summed E-state index contributed by atoms with van der Waals surface area (Å²) in [5, 5.41) is 4.94. The first-order valence-corrected chi connectivity index (χ1v) is 8.23. The van der Waals surface area contributed by atoms with Gasteiger partial charge in [-0.3, -0.25) is 4.79 Å². The second-order valence-electron chi connectivity index (χ2n) is 6.87. The average molecular weight is 365 g/mol. The number of likely N-dealkylation sites (N-methyl/N-ethyl adjacent to an activating group) is 1. The monoisotopic (exact) mass is 365 g/mol. The maximum Gasteiger partial charge on any atom is 0.408 e. The molecule has 8 heteroatoms. The molecule has 0 aliphatic heterocycles. The molecule has 1 aromatic carbocycles. The molecular weight excluding hydrogens is 338 g/mol. The lowest BCUT2D eigenvalue weighted by atomic mass is 10.2. The fourth-order valence-electron chi connectivity index (χ4n) is 1.92. The molecule has 8 nitrogen and oxygen atoms in total. The first-order chi connectivity index (χ1) is 12.1. The van der Waals surface area contributed by atoms with Crippen LogP contribution in [0, 0.1) is 0 Å². The summed E-state index contributed by atoms with van der Waals surface area (Å²) in [6, 6.07) is 8.19. The fourth-order valence-corrected chi connectivity index (χ4v) is 1.92. The van der Waals surface area contributed by atoms with E-state index in [1.165, 1.54) is 4.90 Å². The Morgan fingerprint density at radius 2 is 1.69 bits per heavy atom. The molecule has 0 radical (unpaired) electrons. The van der Waals surface area contributed by atoms with Crippen LogP contribution in [-0.2, 0) is 20.9 Å². The summed E-state index contributed by atoms with van der Waals surface area (Å²) in [4.78, 5) is 37.3. The predicted octanol–water partition coefficient (Wildman–Crippen LogP) is 1.89. The van der Waals surface area contributed by atoms with Crippen molar-refractivity contribution in [3.05, 3.63) is 35.9 Å². The molecular formula is C18H27N3O5. The van der Waals surface area contributed by atoms with Crippen molar-refractivity contribution < 1.29 is 23.9 Å². The number of hydrogen-bond acceptors (Lipinski definition) is 5. The van der Waals surface area contributed by atoms with Crippen LogP contribution in [0.4, 0.5) is 9.59 Å². The second kappa shape index (κ2) is 9.65. The SMILES string of the molecule is CN(C)C(=O)[C@H](CNC(=O)OC(C)(C)C)NC(=O)OCc1ccccc1. The maximum atomic E-state index is 12.2. The number of ether oxygens (including phenoxy) is 2. The Morgan fingerprint density at radius 3 is 2.23 bits per heavy atom. The first kappa shape index (κ1) is 21.3. The third-order valence-electron chi connectivity index (χ3n) is 3.09. The van der Waals surface area contributed by atoms with Gasteiger partial charge in [0, 0.05) is 14.1 Å². The summed E-state index contributed by atoms with van der Waals surface area (Å²) < 4.78 is 10.2. The minimum absolute atomic E-state index is 0.0784. The minimum atomic E-state index is -0.971. The van der Waals surface area contributed by atoms with Crippen LogP contribution in [0.25, 0.3) is 0 Å². The van der Waals surface area contributed by atoms with Gasteiger partial charge in [-0.25, -0.2) is 9.59 Å². The molecule has 0 fully saturated rings. The fraction of sp³-hybridized carbons (Fsp3) is 0.500. The van der Waals surface area contributed by atoms with Crippen LogP contribution in [0.3, 0.4) is 0 Å². The van der Waals surface area contributed by atoms with Gasteiger partial charge in [0.2, 0.25) is 5.91 Å². The Morgan fingerprint density at radius 1 is 1.08 bits per heavy atom. The number of nitrogens with one attached hydrogen (secondary N) is 2. The largest absolute Gasteiger partial charge is 0.445 e. The third kappa shape index (κ3) is 8.36. The number of amides is 3. The number of nitrogens with zero attached hydrogens (tertiary/aromatic N) is 1. The molecule has 0 spiro atoms. The van der Waals surface area contributed by atoms with Gasteiger partial charge in [-0.05, 0) is 26.3 Å². The van der Waals surface area contributed by atoms with Crippen molar-refractivity contribution in [2.75, 3.05) is 20.6 Å². The smallest absolute Gasteiger partial charge is 0.408 e. The van der Waals surface area contributed by atoms with E-state index < -0.39 is 23.8 Å². The maximum absolute atomic E-state index is 12.2. The highest BCUT2D eigenvalue weighted by Crippen LogP contribution is 2.06. The quantitative estimate of drug-likeness (QED) is 0.802. The van der Waals surface area contributed by atoms with Crippen molar-refractivity contribution in [1.29, 1.82) is 0 Å². The van der Waals surface area contributed by atoms with E-state index in [2.05, 4.69) is 10.6 Å². The Bertz CT molecular complexity index is 611. The molecule has 1 rings (SSSR count). The van der Waals surface area contributed by atoms with Crippen LogP contribution in [0.1, 0.15) is 26.3 Å². The molecule has 0 saturated carbocycles. The number of hydrogen-bond donors (Lipinski definition) is 2. The lowest BCUT2D eigenvalue weighted by molar-refractivity contribution is -0.130. The predicted molar refractivity (Wildman–Crippen MR) is 96.5 cm³/mol. The number of rotatable bonds is 6. The lowest BCUT2D eigenvalue weighted by Crippen LogP contribution is -2.52. The van der Waals surface area contributed by atoms with E-state index >= 15 is 0 Å². The van der Waals surface area contributed by atoms with Gasteiger partial charge in [-0.1, -0.05) is 30.3 Å². The first-order valence-electron chi connectivity index (χ1n) is 8.23. The van der Waals surface area contributed by atoms with Crippen LogP contribution in [0.2, 0.25) is 0 Å². The minimum Gasteiger partial charge on any atom is -0.445 e. The van der Waals surface area contributed by atoms with Gasteiger partial charge in [0.25, 0.3) is 0 Å². The van der Waals surface area contributed by atoms with Gasteiger partial charge in [0.15, 0.2) is 0 Å². The van der Waals surface area contributed by atoms with Crippen LogP contribution in [-0.4, -0.2) is 55.3 Å². The zero-order chi connectivity index (χ0) is 19.7. The molecule has 3 amide bonds. The van der Waals surface area contributed by atoms with Gasteiger partial charge in [0.05, 0.1) is 6.54 Å². The molecule has 0 aromatic heterocycles. The van der Waals surface area contributed by atoms with Gasteiger partial charge in [-0.2, -0.15) is 0 Å². The summed E-state index contributed by atoms with van der Waals surface area (Å²) in [5.41, 5.74) is 0.165. The molecule has 1 atom stereocenters. The molecule has 0 saturated heterocycles. The highest BCUT2D eigenvalue weighted by molar-refractivity contribution is 5.86. The highest BCUT2D eigenvalue weighted by atomic mass is 16.6. The molecule has 0 heterocycles. The molecule has 144 valence electrons. The Labute approximate surface area is 153 Å². The van der Waals surface area contributed by atoms with E-state index in [9.17, 15) is 14.4 Å². The summed E-state index contributed by atoms with van der Waals surface area (Å²) in [6.07, 6.45) is -1.42. The van der Waals surface area contributed by atoms with E-state index in [1.54, 1.807) is 34.9 Å². The van der Waals surface area contributed by atoms with Crippen molar-refractivity contribution in [2.45, 2.75) is 39.0 Å². The van der Waals surface area contributed by atoms with Gasteiger partial charge in [0.1, 0.15) is 18.2 Å². The zero-order valence-corrected chi connectivity index (χ0v) is 15.9. The Balaban J connectivity index is 2.58. The normalized spacial score (nSPS) is 11.9. The summed E-state index contributed by atoms with van der Waals surface area (Å²) >= 11 is 0. The van der Waals surface area contributed by atoms with E-state index in [-0.39, 0.29) is 19.1 Å². The molecule has 2 N–H and O–H groups in total. The van der Waals surface area contributed by atoms with Crippen molar-refractivity contribution in [3.63, 3.8) is 0 Å². The lowest BCUT2D eigenvalue weighted by Gasteiger charge is -2.23. The average Bonchev–Trinajstić information content (AvgIpc) is 2.55. The van der Waals surface area contributed by atoms with Gasteiger partial charge < -0.3 is 25.0 Å². The molecule has 0 bridgehead atoms. The van der Waals surface area contributed by atoms with Crippen LogP contribution in [0.5, 0.6) is 0 Å². The van der Waals surface area contributed by atoms with E-state index in [0.717, 1.165) is 5.56 Å². The third-order valence-corrected chi connectivity index (χ3v) is 3.09. The van der Waals surface area contributed by atoms with Gasteiger partial charge >= 0.3 is 12.2 Å². The second-order valence-corrected chi connectivity index (χ2v) is 6.87. The number of carbonyl (C=O) groups is 3. The Hall–Kier alpha value is -2.77. The molecule has 0 unspecified atom stereocenters. The van der Waals surface area contributed by atoms with E-state index in [1.807, 2.05) is 30.3 Å². The van der Waals surface area contributed by atoms with Crippen molar-refractivity contribution in [2.24, 2.45) is 0 Å². The van der Waals surface area contributed by atoms with Crippen LogP contribution in [0.15, 0.2) is 30.3 Å². The standard InChI is InChI=1S/C18H27N3O5/c1-18(2,3)26-16(23)19-11-14(15(22)21(4)5)20-17(24)25-12-13-9-7-6-8-10-13/h6-10,14H,11-12H2,1-5H3,(H,19,23)(H,20,24)/t14-/m0/s1. The van der Waals surface area contributed by atoms with Crippen LogP contribution >= 0.6 is 0 Å². The van der Waals surface area contributed by atoms with Crippen molar-refractivity contribution in [3.8, 4) is 0 Å². The summed E-state index contributed by atoms with van der Waals surface area (Å²) in [5.74, 6) is -0.377. The Kier molecular flexibility index (Phi) is 7.89.